The fraction of sp³-hybridized carbons (Fsp3) is 0.556. The molecule has 4 aliphatic rings. The van der Waals surface area contributed by atoms with Gasteiger partial charge in [-0.3, -0.25) is 14.9 Å². The molecule has 0 aliphatic heterocycles. The van der Waals surface area contributed by atoms with Crippen molar-refractivity contribution in [3.8, 4) is 0 Å². The maximum atomic E-state index is 12.8. The van der Waals surface area contributed by atoms with Crippen LogP contribution in [0.15, 0.2) is 24.3 Å². The summed E-state index contributed by atoms with van der Waals surface area (Å²) in [5, 5.41) is 2.65. The summed E-state index contributed by atoms with van der Waals surface area (Å²) in [4.78, 5) is 25.1. The number of hydrogen-bond acceptors (Lipinski definition) is 3. The zero-order chi connectivity index (χ0) is 15.3. The summed E-state index contributed by atoms with van der Waals surface area (Å²) in [5.41, 5.74) is 6.42. The van der Waals surface area contributed by atoms with E-state index in [9.17, 15) is 9.59 Å². The van der Waals surface area contributed by atoms with Crippen molar-refractivity contribution in [1.82, 2.24) is 5.32 Å². The van der Waals surface area contributed by atoms with Gasteiger partial charge in [-0.05, 0) is 74.5 Å². The summed E-state index contributed by atoms with van der Waals surface area (Å²) in [7, 11) is 0. The summed E-state index contributed by atoms with van der Waals surface area (Å²) < 4.78 is 0. The summed E-state index contributed by atoms with van der Waals surface area (Å²) in [6.45, 7) is 0. The van der Waals surface area contributed by atoms with Gasteiger partial charge in [0, 0.05) is 11.3 Å². The standard InChI is InChI=1S/C18H22N2O2/c19-15-3-1-2-14(7-15)16(21)20-17(22)18-8-11-4-12(9-18)6-13(5-11)10-18/h1-3,7,11-13H,4-6,8-10,19H2,(H,20,21,22). The molecule has 116 valence electrons. The summed E-state index contributed by atoms with van der Waals surface area (Å²) in [6, 6.07) is 6.78. The largest absolute Gasteiger partial charge is 0.399 e. The third-order valence-corrected chi connectivity index (χ3v) is 5.90. The fourth-order valence-corrected chi connectivity index (χ4v) is 5.38. The molecule has 22 heavy (non-hydrogen) atoms. The Hall–Kier alpha value is -1.84. The molecule has 0 atom stereocenters. The second-order valence-corrected chi connectivity index (χ2v) is 7.61. The van der Waals surface area contributed by atoms with Crippen LogP contribution in [-0.2, 0) is 4.79 Å². The van der Waals surface area contributed by atoms with Crippen LogP contribution in [0.3, 0.4) is 0 Å². The highest BCUT2D eigenvalue weighted by Crippen LogP contribution is 2.60. The van der Waals surface area contributed by atoms with Crippen molar-refractivity contribution in [3.63, 3.8) is 0 Å². The Bertz CT molecular complexity index is 602. The second-order valence-electron chi connectivity index (χ2n) is 7.61. The Balaban J connectivity index is 1.51. The molecule has 4 saturated carbocycles. The Morgan fingerprint density at radius 3 is 2.18 bits per heavy atom. The van der Waals surface area contributed by atoms with Gasteiger partial charge >= 0.3 is 0 Å². The quantitative estimate of drug-likeness (QED) is 0.651. The molecule has 0 aromatic heterocycles. The summed E-state index contributed by atoms with van der Waals surface area (Å²) in [6.07, 6.45) is 6.76. The molecule has 4 bridgehead atoms. The molecule has 0 radical (unpaired) electrons. The SMILES string of the molecule is Nc1cccc(C(=O)NC(=O)C23CC4CC(CC(C4)C2)C3)c1. The van der Waals surface area contributed by atoms with Gasteiger partial charge in [0.05, 0.1) is 5.41 Å². The zero-order valence-corrected chi connectivity index (χ0v) is 12.7. The molecule has 0 spiro atoms. The second kappa shape index (κ2) is 4.83. The number of imide groups is 1. The highest BCUT2D eigenvalue weighted by molar-refractivity contribution is 6.06. The number of rotatable bonds is 2. The van der Waals surface area contributed by atoms with Crippen LogP contribution in [-0.4, -0.2) is 11.8 Å². The van der Waals surface area contributed by atoms with Crippen molar-refractivity contribution in [1.29, 1.82) is 0 Å². The molecule has 4 fully saturated rings. The van der Waals surface area contributed by atoms with E-state index in [0.717, 1.165) is 19.3 Å². The predicted octanol–water partition coefficient (Wildman–Crippen LogP) is 2.74. The summed E-state index contributed by atoms with van der Waals surface area (Å²) in [5.74, 6) is 1.70. The first-order valence-electron chi connectivity index (χ1n) is 8.25. The van der Waals surface area contributed by atoms with Crippen LogP contribution in [0.25, 0.3) is 0 Å². The maximum absolute atomic E-state index is 12.8. The topological polar surface area (TPSA) is 72.2 Å². The van der Waals surface area contributed by atoms with E-state index in [-0.39, 0.29) is 17.2 Å². The summed E-state index contributed by atoms with van der Waals surface area (Å²) >= 11 is 0. The van der Waals surface area contributed by atoms with Crippen molar-refractivity contribution in [2.45, 2.75) is 38.5 Å². The molecular formula is C18H22N2O2. The Labute approximate surface area is 130 Å². The number of anilines is 1. The molecular weight excluding hydrogens is 276 g/mol. The highest BCUT2D eigenvalue weighted by Gasteiger charge is 2.54. The van der Waals surface area contributed by atoms with Crippen molar-refractivity contribution in [3.05, 3.63) is 29.8 Å². The van der Waals surface area contributed by atoms with Crippen LogP contribution >= 0.6 is 0 Å². The van der Waals surface area contributed by atoms with Crippen LogP contribution in [0.1, 0.15) is 48.9 Å². The average Bonchev–Trinajstić information content (AvgIpc) is 2.45. The van der Waals surface area contributed by atoms with E-state index in [1.807, 2.05) is 0 Å². The van der Waals surface area contributed by atoms with Gasteiger partial charge < -0.3 is 5.73 Å². The van der Waals surface area contributed by atoms with Crippen LogP contribution in [0.2, 0.25) is 0 Å². The van der Waals surface area contributed by atoms with Crippen molar-refractivity contribution < 1.29 is 9.59 Å². The van der Waals surface area contributed by atoms with Gasteiger partial charge in [-0.1, -0.05) is 6.07 Å². The van der Waals surface area contributed by atoms with Crippen molar-refractivity contribution >= 4 is 17.5 Å². The molecule has 2 amide bonds. The number of carbonyl (C=O) groups excluding carboxylic acids is 2. The lowest BCUT2D eigenvalue weighted by atomic mass is 9.49. The van der Waals surface area contributed by atoms with Crippen molar-refractivity contribution in [2.75, 3.05) is 5.73 Å². The third-order valence-electron chi connectivity index (χ3n) is 5.90. The van der Waals surface area contributed by atoms with E-state index in [1.54, 1.807) is 24.3 Å². The molecule has 3 N–H and O–H groups in total. The van der Waals surface area contributed by atoms with E-state index in [2.05, 4.69) is 5.32 Å². The number of amides is 2. The molecule has 4 nitrogen and oxygen atoms in total. The minimum absolute atomic E-state index is 0.0565. The third kappa shape index (κ3) is 2.21. The van der Waals surface area contributed by atoms with Gasteiger partial charge in [-0.25, -0.2) is 0 Å². The lowest BCUT2D eigenvalue weighted by Crippen LogP contribution is -2.54. The highest BCUT2D eigenvalue weighted by atomic mass is 16.2. The molecule has 1 aromatic rings. The number of carbonyl (C=O) groups is 2. The first-order valence-corrected chi connectivity index (χ1v) is 8.25. The van der Waals surface area contributed by atoms with Gasteiger partial charge in [0.15, 0.2) is 0 Å². The number of nitrogens with one attached hydrogen (secondary N) is 1. The minimum Gasteiger partial charge on any atom is -0.399 e. The molecule has 0 heterocycles. The zero-order valence-electron chi connectivity index (χ0n) is 12.7. The van der Waals surface area contributed by atoms with E-state index < -0.39 is 0 Å². The molecule has 5 rings (SSSR count). The first kappa shape index (κ1) is 13.8. The van der Waals surface area contributed by atoms with Crippen LogP contribution in [0.4, 0.5) is 5.69 Å². The van der Waals surface area contributed by atoms with Gasteiger partial charge in [0.2, 0.25) is 5.91 Å². The van der Waals surface area contributed by atoms with Crippen LogP contribution in [0.5, 0.6) is 0 Å². The number of benzene rings is 1. The molecule has 4 aliphatic carbocycles. The number of nitrogen functional groups attached to an aromatic ring is 1. The molecule has 4 heteroatoms. The normalized spacial score (nSPS) is 35.4. The van der Waals surface area contributed by atoms with E-state index in [1.165, 1.54) is 19.3 Å². The van der Waals surface area contributed by atoms with Gasteiger partial charge in [-0.15, -0.1) is 0 Å². The maximum Gasteiger partial charge on any atom is 0.257 e. The van der Waals surface area contributed by atoms with Gasteiger partial charge in [0.25, 0.3) is 5.91 Å². The molecule has 0 unspecified atom stereocenters. The minimum atomic E-state index is -0.326. The van der Waals surface area contributed by atoms with E-state index in [0.29, 0.717) is 29.0 Å². The van der Waals surface area contributed by atoms with Crippen molar-refractivity contribution in [2.24, 2.45) is 23.2 Å². The molecule has 1 aromatic carbocycles. The van der Waals surface area contributed by atoms with E-state index in [4.69, 9.17) is 5.73 Å². The van der Waals surface area contributed by atoms with Crippen LogP contribution in [0, 0.1) is 23.2 Å². The average molecular weight is 298 g/mol. The van der Waals surface area contributed by atoms with Gasteiger partial charge in [0.1, 0.15) is 0 Å². The Morgan fingerprint density at radius 2 is 1.64 bits per heavy atom. The lowest BCUT2D eigenvalue weighted by molar-refractivity contribution is -0.145. The smallest absolute Gasteiger partial charge is 0.257 e. The first-order chi connectivity index (χ1) is 10.5. The lowest BCUT2D eigenvalue weighted by Gasteiger charge is -2.55. The van der Waals surface area contributed by atoms with Gasteiger partial charge in [-0.2, -0.15) is 0 Å². The fourth-order valence-electron chi connectivity index (χ4n) is 5.38. The molecule has 0 saturated heterocycles. The number of hydrogen-bond donors (Lipinski definition) is 2. The Morgan fingerprint density at radius 1 is 1.05 bits per heavy atom. The number of nitrogens with two attached hydrogens (primary N) is 1. The van der Waals surface area contributed by atoms with Crippen LogP contribution < -0.4 is 11.1 Å². The predicted molar refractivity (Wildman–Crippen MR) is 83.9 cm³/mol. The Kier molecular flexibility index (Phi) is 3.03. The van der Waals surface area contributed by atoms with E-state index >= 15 is 0 Å². The monoisotopic (exact) mass is 298 g/mol.